The normalized spacial score (nSPS) is 19.3. The van der Waals surface area contributed by atoms with Crippen LogP contribution in [-0.4, -0.2) is 41.2 Å². The van der Waals surface area contributed by atoms with E-state index in [4.69, 9.17) is 18.6 Å². The zero-order valence-electron chi connectivity index (χ0n) is 37.1. The third-order valence-corrected chi connectivity index (χ3v) is 13.8. The van der Waals surface area contributed by atoms with Gasteiger partial charge in [-0.3, -0.25) is 0 Å². The lowest BCUT2D eigenvalue weighted by Gasteiger charge is -2.32. The summed E-state index contributed by atoms with van der Waals surface area (Å²) < 4.78 is 29.0. The fourth-order valence-corrected chi connectivity index (χ4v) is 8.65. The second-order valence-corrected chi connectivity index (χ2v) is 19.4. The highest BCUT2D eigenvalue weighted by Gasteiger charge is 2.53. The minimum absolute atomic E-state index is 0.382. The Morgan fingerprint density at radius 1 is 0.455 bits per heavy atom. The van der Waals surface area contributed by atoms with E-state index in [1.165, 1.54) is 150 Å². The summed E-state index contributed by atoms with van der Waals surface area (Å²) >= 11 is 0. The summed E-state index contributed by atoms with van der Waals surface area (Å²) in [6.45, 7) is 22.8. The first-order valence-electron chi connectivity index (χ1n) is 23.0. The number of unbranched alkanes of at least 4 members (excludes halogenated alkanes) is 16. The zero-order chi connectivity index (χ0) is 39.7. The van der Waals surface area contributed by atoms with Crippen LogP contribution in [0.2, 0.25) is 0 Å². The number of benzene rings is 2. The van der Waals surface area contributed by atoms with Crippen molar-refractivity contribution in [2.75, 3.05) is 0 Å². The number of nitrogens with zero attached hydrogens (tertiary/aromatic N) is 1. The highest BCUT2D eigenvalue weighted by atomic mass is 16.7. The van der Waals surface area contributed by atoms with Crippen LogP contribution in [0.5, 0.6) is 0 Å². The largest absolute Gasteiger partial charge is 0.494 e. The van der Waals surface area contributed by atoms with Crippen molar-refractivity contribution < 1.29 is 18.6 Å². The molecular formula is C48H79B2NO4. The van der Waals surface area contributed by atoms with E-state index in [2.05, 4.69) is 110 Å². The Morgan fingerprint density at radius 2 is 0.764 bits per heavy atom. The Kier molecular flexibility index (Phi) is 15.9. The lowest BCUT2D eigenvalue weighted by atomic mass is 9.78. The predicted octanol–water partition coefficient (Wildman–Crippen LogP) is 12.9. The van der Waals surface area contributed by atoms with Crippen molar-refractivity contribution in [2.24, 2.45) is 5.92 Å². The Labute approximate surface area is 338 Å². The zero-order valence-corrected chi connectivity index (χ0v) is 37.1. The van der Waals surface area contributed by atoms with Crippen LogP contribution in [0.1, 0.15) is 198 Å². The predicted molar refractivity (Wildman–Crippen MR) is 238 cm³/mol. The number of fused-ring (bicyclic) bond motifs is 3. The topological polar surface area (TPSA) is 41.9 Å². The van der Waals surface area contributed by atoms with Gasteiger partial charge in [0.05, 0.1) is 22.4 Å². The van der Waals surface area contributed by atoms with Gasteiger partial charge in [0.2, 0.25) is 0 Å². The maximum atomic E-state index is 6.58. The van der Waals surface area contributed by atoms with E-state index < -0.39 is 0 Å². The molecule has 2 fully saturated rings. The maximum absolute atomic E-state index is 6.58. The maximum Gasteiger partial charge on any atom is 0.494 e. The lowest BCUT2D eigenvalue weighted by molar-refractivity contribution is 0.00578. The first kappa shape index (κ1) is 44.3. The van der Waals surface area contributed by atoms with Gasteiger partial charge in [-0.05, 0) is 97.2 Å². The number of hydrogen-bond acceptors (Lipinski definition) is 4. The van der Waals surface area contributed by atoms with Gasteiger partial charge in [-0.15, -0.1) is 0 Å². The van der Waals surface area contributed by atoms with Crippen LogP contribution < -0.4 is 10.9 Å². The molecule has 3 aromatic rings. The van der Waals surface area contributed by atoms with Crippen LogP contribution in [0.25, 0.3) is 21.8 Å². The van der Waals surface area contributed by atoms with Gasteiger partial charge in [0.25, 0.3) is 0 Å². The first-order chi connectivity index (χ1) is 26.2. The highest BCUT2D eigenvalue weighted by molar-refractivity contribution is 6.63. The fourth-order valence-electron chi connectivity index (χ4n) is 8.65. The molecule has 55 heavy (non-hydrogen) atoms. The molecule has 306 valence electrons. The first-order valence-corrected chi connectivity index (χ1v) is 23.0. The number of rotatable bonds is 24. The lowest BCUT2D eigenvalue weighted by Crippen LogP contribution is -2.41. The van der Waals surface area contributed by atoms with E-state index in [1.54, 1.807) is 0 Å². The second kappa shape index (κ2) is 19.8. The molecule has 2 aliphatic rings. The molecule has 0 amide bonds. The molecule has 0 spiro atoms. The second-order valence-electron chi connectivity index (χ2n) is 19.4. The molecule has 0 bridgehead atoms. The summed E-state index contributed by atoms with van der Waals surface area (Å²) in [5, 5.41) is 2.58. The van der Waals surface area contributed by atoms with Crippen molar-refractivity contribution in [1.29, 1.82) is 0 Å². The van der Waals surface area contributed by atoms with E-state index in [9.17, 15) is 0 Å². The molecule has 1 aromatic heterocycles. The fraction of sp³-hybridized carbons (Fsp3) is 0.750. The van der Waals surface area contributed by atoms with E-state index in [-0.39, 0.29) is 36.6 Å². The summed E-state index contributed by atoms with van der Waals surface area (Å²) in [5.74, 6) is 0.633. The minimum atomic E-state index is -0.388. The summed E-state index contributed by atoms with van der Waals surface area (Å²) in [6.07, 6.45) is 27.3. The molecule has 3 heterocycles. The van der Waals surface area contributed by atoms with Crippen LogP contribution in [0, 0.1) is 5.92 Å². The average molecular weight is 756 g/mol. The average Bonchev–Trinajstić information content (AvgIpc) is 3.65. The quantitative estimate of drug-likeness (QED) is 0.0674. The third-order valence-electron chi connectivity index (χ3n) is 13.8. The van der Waals surface area contributed by atoms with Gasteiger partial charge in [0.1, 0.15) is 0 Å². The molecular weight excluding hydrogens is 676 g/mol. The molecule has 1 unspecified atom stereocenters. The Balaban J connectivity index is 1.40. The van der Waals surface area contributed by atoms with Gasteiger partial charge in [0, 0.05) is 28.4 Å². The third kappa shape index (κ3) is 11.2. The van der Waals surface area contributed by atoms with Crippen LogP contribution in [0.4, 0.5) is 0 Å². The number of aromatic nitrogens is 1. The molecule has 5 nitrogen and oxygen atoms in total. The Morgan fingerprint density at radius 3 is 1.09 bits per heavy atom. The van der Waals surface area contributed by atoms with Crippen molar-refractivity contribution >= 4 is 47.0 Å². The van der Waals surface area contributed by atoms with Crippen LogP contribution in [-0.2, 0) is 25.2 Å². The van der Waals surface area contributed by atoms with E-state index in [1.807, 2.05) is 0 Å². The van der Waals surface area contributed by atoms with Crippen LogP contribution in [0.3, 0.4) is 0 Å². The molecule has 7 heteroatoms. The molecule has 0 saturated carbocycles. The Hall–Kier alpha value is -1.79. The SMILES string of the molecule is CCCCCCCCCCCCC(CCCCCCCCCC)Cn1c2cc(B3OC(C)(C)C(C)(C)O3)ccc2c2ccc(B3OC(C)(C)C(C)(C)O3)cc21. The van der Waals surface area contributed by atoms with Gasteiger partial charge in [-0.2, -0.15) is 0 Å². The van der Waals surface area contributed by atoms with Crippen molar-refractivity contribution in [3.05, 3.63) is 36.4 Å². The molecule has 5 rings (SSSR count). The van der Waals surface area contributed by atoms with Gasteiger partial charge in [-0.25, -0.2) is 0 Å². The summed E-state index contributed by atoms with van der Waals surface area (Å²) in [4.78, 5) is 0. The smallest absolute Gasteiger partial charge is 0.399 e. The summed E-state index contributed by atoms with van der Waals surface area (Å²) in [5.41, 5.74) is 3.21. The van der Waals surface area contributed by atoms with Gasteiger partial charge >= 0.3 is 14.2 Å². The standard InChI is InChI=1S/C48H79B2NO4/c1-11-13-15-17-19-21-22-24-26-28-30-38(29-27-25-23-20-18-16-14-12-2)37-51-43-35-39(49-52-45(3,4)46(5,6)53-49)31-33-41(43)42-34-32-40(36-44(42)51)50-54-47(7,8)48(9,10)55-50/h31-36,38H,11-30,37H2,1-10H3. The molecule has 0 radical (unpaired) electrons. The van der Waals surface area contributed by atoms with E-state index in [0.29, 0.717) is 5.92 Å². The van der Waals surface area contributed by atoms with Crippen LogP contribution >= 0.6 is 0 Å². The van der Waals surface area contributed by atoms with Gasteiger partial charge < -0.3 is 23.2 Å². The van der Waals surface area contributed by atoms with Crippen molar-refractivity contribution in [3.63, 3.8) is 0 Å². The van der Waals surface area contributed by atoms with Crippen molar-refractivity contribution in [1.82, 2.24) is 4.57 Å². The minimum Gasteiger partial charge on any atom is -0.399 e. The molecule has 2 aliphatic heterocycles. The van der Waals surface area contributed by atoms with Crippen LogP contribution in [0.15, 0.2) is 36.4 Å². The monoisotopic (exact) mass is 756 g/mol. The molecule has 0 aliphatic carbocycles. The molecule has 2 saturated heterocycles. The van der Waals surface area contributed by atoms with E-state index in [0.717, 1.165) is 17.5 Å². The summed E-state index contributed by atoms with van der Waals surface area (Å²) in [6, 6.07) is 13.8. The summed E-state index contributed by atoms with van der Waals surface area (Å²) in [7, 11) is -0.776. The Bertz CT molecular complexity index is 1500. The van der Waals surface area contributed by atoms with E-state index >= 15 is 0 Å². The highest BCUT2D eigenvalue weighted by Crippen LogP contribution is 2.39. The number of hydrogen-bond donors (Lipinski definition) is 0. The molecule has 0 N–H and O–H groups in total. The molecule has 1 atom stereocenters. The van der Waals surface area contributed by atoms with Gasteiger partial charge in [0.15, 0.2) is 0 Å². The van der Waals surface area contributed by atoms with Gasteiger partial charge in [-0.1, -0.05) is 154 Å². The van der Waals surface area contributed by atoms with Crippen molar-refractivity contribution in [3.8, 4) is 0 Å². The molecule has 2 aromatic carbocycles. The van der Waals surface area contributed by atoms with Crippen molar-refractivity contribution in [2.45, 2.75) is 227 Å².